The molecule has 0 aliphatic heterocycles. The molecule has 0 aromatic rings. The molecule has 0 radical (unpaired) electrons. The van der Waals surface area contributed by atoms with Gasteiger partial charge in [-0.15, -0.1) is 0 Å². The van der Waals surface area contributed by atoms with Crippen molar-refractivity contribution in [1.29, 1.82) is 0 Å². The first kappa shape index (κ1) is 24.1. The Balaban J connectivity index is 2.03. The molecular weight excluding hydrogens is 466 g/mol. The van der Waals surface area contributed by atoms with Crippen molar-refractivity contribution in [3.8, 4) is 0 Å². The van der Waals surface area contributed by atoms with Gasteiger partial charge in [-0.3, -0.25) is 0 Å². The molecule has 0 unspecified atom stereocenters. The average molecular weight is 472 g/mol. The van der Waals surface area contributed by atoms with E-state index in [1.54, 1.807) is 0 Å². The Labute approximate surface area is 156 Å². The Morgan fingerprint density at radius 3 is 0.967 bits per heavy atom. The van der Waals surface area contributed by atoms with E-state index >= 15 is 0 Å². The molecule has 2 aliphatic carbocycles. The molecule has 0 fully saturated rings. The highest BCUT2D eigenvalue weighted by molar-refractivity contribution is 5.34. The van der Waals surface area contributed by atoms with E-state index in [2.05, 4.69) is 9.47 Å². The normalized spacial score (nSPS) is 27.8. The lowest BCUT2D eigenvalue weighted by Gasteiger charge is -2.24. The quantitative estimate of drug-likeness (QED) is 0.361. The minimum atomic E-state index is -6.17. The van der Waals surface area contributed by atoms with Crippen molar-refractivity contribution in [3.05, 3.63) is 35.3 Å². The zero-order valence-electron chi connectivity index (χ0n) is 13.7. The van der Waals surface area contributed by atoms with Gasteiger partial charge in [0.1, 0.15) is 13.2 Å². The van der Waals surface area contributed by atoms with Crippen molar-refractivity contribution in [2.45, 2.75) is 35.5 Å². The van der Waals surface area contributed by atoms with Crippen LogP contribution in [0.3, 0.4) is 0 Å². The lowest BCUT2D eigenvalue weighted by Crippen LogP contribution is -2.49. The van der Waals surface area contributed by atoms with Crippen molar-refractivity contribution in [2.24, 2.45) is 0 Å². The maximum atomic E-state index is 13.2. The van der Waals surface area contributed by atoms with Gasteiger partial charge in [-0.05, 0) is 12.2 Å². The zero-order chi connectivity index (χ0) is 23.6. The van der Waals surface area contributed by atoms with Crippen LogP contribution >= 0.6 is 0 Å². The first-order chi connectivity index (χ1) is 13.3. The molecule has 0 N–H and O–H groups in total. The average Bonchev–Trinajstić information content (AvgIpc) is 2.74. The van der Waals surface area contributed by atoms with Gasteiger partial charge in [0.2, 0.25) is 23.2 Å². The molecule has 0 saturated heterocycles. The SMILES string of the molecule is FC1=C(OC/C=C/COC2=C(F)C(F)(F)C(F)(F)C2(F)F)C(F)(F)C(F)(F)C1(F)F. The molecule has 2 rings (SSSR count). The first-order valence-corrected chi connectivity index (χ1v) is 7.28. The third-order valence-corrected chi connectivity index (χ3v) is 3.91. The van der Waals surface area contributed by atoms with Crippen LogP contribution < -0.4 is 0 Å². The summed E-state index contributed by atoms with van der Waals surface area (Å²) in [5.74, 6) is -47.6. The van der Waals surface area contributed by atoms with Crippen molar-refractivity contribution in [1.82, 2.24) is 0 Å². The van der Waals surface area contributed by atoms with Gasteiger partial charge in [-0.2, -0.15) is 52.7 Å². The van der Waals surface area contributed by atoms with Gasteiger partial charge in [0.15, 0.2) is 0 Å². The van der Waals surface area contributed by atoms with Gasteiger partial charge in [0.05, 0.1) is 0 Å². The molecular formula is C14H6F14O2. The summed E-state index contributed by atoms with van der Waals surface area (Å²) in [6.07, 6.45) is 0.736. The minimum absolute atomic E-state index is 0.368. The standard InChI is InChI=1S/C14H6F14O2/c15-5-7(11(21,22)13(25,26)9(5,17)18)29-3-1-2-4-30-8-6(16)10(19,20)14(27,28)12(8,23)24/h1-2H,3-4H2/b2-1+. The van der Waals surface area contributed by atoms with Crippen LogP contribution in [0.1, 0.15) is 0 Å². The smallest absolute Gasteiger partial charge is 0.386 e. The second-order valence-electron chi connectivity index (χ2n) is 5.83. The molecule has 0 saturated carbocycles. The number of hydrogen-bond acceptors (Lipinski definition) is 2. The van der Waals surface area contributed by atoms with Crippen LogP contribution in [0, 0.1) is 0 Å². The number of alkyl halides is 12. The molecule has 0 aromatic carbocycles. The Bertz CT molecular complexity index is 741. The van der Waals surface area contributed by atoms with Crippen molar-refractivity contribution >= 4 is 0 Å². The second-order valence-corrected chi connectivity index (χ2v) is 5.83. The highest BCUT2D eigenvalue weighted by Crippen LogP contribution is 2.60. The third-order valence-electron chi connectivity index (χ3n) is 3.91. The summed E-state index contributed by atoms with van der Waals surface area (Å²) in [5.41, 5.74) is 0. The highest BCUT2D eigenvalue weighted by atomic mass is 19.4. The van der Waals surface area contributed by atoms with E-state index in [1.807, 2.05) is 0 Å². The van der Waals surface area contributed by atoms with Crippen LogP contribution in [-0.4, -0.2) is 48.7 Å². The molecule has 0 aromatic heterocycles. The van der Waals surface area contributed by atoms with E-state index < -0.39 is 71.9 Å². The van der Waals surface area contributed by atoms with Gasteiger partial charge in [0.25, 0.3) is 0 Å². The lowest BCUT2D eigenvalue weighted by atomic mass is 10.1. The molecule has 0 heterocycles. The van der Waals surface area contributed by atoms with Crippen LogP contribution in [0.25, 0.3) is 0 Å². The van der Waals surface area contributed by atoms with E-state index in [1.165, 1.54) is 0 Å². The van der Waals surface area contributed by atoms with E-state index in [4.69, 9.17) is 0 Å². The Kier molecular flexibility index (Phi) is 5.36. The lowest BCUT2D eigenvalue weighted by molar-refractivity contribution is -0.274. The summed E-state index contributed by atoms with van der Waals surface area (Å²) in [7, 11) is 0. The molecule has 2 aliphatic rings. The topological polar surface area (TPSA) is 18.5 Å². The number of allylic oxidation sites excluding steroid dienone is 4. The van der Waals surface area contributed by atoms with Crippen molar-refractivity contribution in [2.75, 3.05) is 13.2 Å². The second kappa shape index (κ2) is 6.67. The number of halogens is 14. The molecule has 0 bridgehead atoms. The predicted octanol–water partition coefficient (Wildman–Crippen LogP) is 5.78. The van der Waals surface area contributed by atoms with Crippen LogP contribution in [0.5, 0.6) is 0 Å². The molecule has 0 spiro atoms. The van der Waals surface area contributed by atoms with E-state index in [9.17, 15) is 61.5 Å². The van der Waals surface area contributed by atoms with Crippen LogP contribution in [0.4, 0.5) is 61.5 Å². The predicted molar refractivity (Wildman–Crippen MR) is 67.0 cm³/mol. The van der Waals surface area contributed by atoms with Gasteiger partial charge in [-0.25, -0.2) is 8.78 Å². The summed E-state index contributed by atoms with van der Waals surface area (Å²) in [5, 5.41) is 0. The fourth-order valence-electron chi connectivity index (χ4n) is 2.22. The van der Waals surface area contributed by atoms with Gasteiger partial charge < -0.3 is 9.47 Å². The van der Waals surface area contributed by atoms with Crippen LogP contribution in [-0.2, 0) is 9.47 Å². The largest absolute Gasteiger partial charge is 0.485 e. The Morgan fingerprint density at radius 1 is 0.500 bits per heavy atom. The third kappa shape index (κ3) is 2.85. The van der Waals surface area contributed by atoms with Crippen LogP contribution in [0.2, 0.25) is 0 Å². The molecule has 172 valence electrons. The number of ether oxygens (including phenoxy) is 2. The molecule has 30 heavy (non-hydrogen) atoms. The maximum Gasteiger partial charge on any atom is 0.386 e. The minimum Gasteiger partial charge on any atom is -0.485 e. The van der Waals surface area contributed by atoms with Gasteiger partial charge >= 0.3 is 35.5 Å². The van der Waals surface area contributed by atoms with E-state index in [0.717, 1.165) is 0 Å². The zero-order valence-corrected chi connectivity index (χ0v) is 13.7. The summed E-state index contributed by atoms with van der Waals surface area (Å²) < 4.78 is 190. The summed E-state index contributed by atoms with van der Waals surface area (Å²) in [6.45, 7) is -2.75. The van der Waals surface area contributed by atoms with Crippen LogP contribution in [0.15, 0.2) is 35.3 Å². The fourth-order valence-corrected chi connectivity index (χ4v) is 2.22. The monoisotopic (exact) mass is 472 g/mol. The van der Waals surface area contributed by atoms with Crippen molar-refractivity contribution < 1.29 is 70.9 Å². The molecule has 16 heteroatoms. The fraction of sp³-hybridized carbons (Fsp3) is 0.571. The summed E-state index contributed by atoms with van der Waals surface area (Å²) in [6, 6.07) is 0. The molecule has 0 amide bonds. The molecule has 2 nitrogen and oxygen atoms in total. The Morgan fingerprint density at radius 2 is 0.767 bits per heavy atom. The van der Waals surface area contributed by atoms with Gasteiger partial charge in [-0.1, -0.05) is 0 Å². The Hall–Kier alpha value is -2.16. The van der Waals surface area contributed by atoms with E-state index in [-0.39, 0.29) is 0 Å². The van der Waals surface area contributed by atoms with Crippen molar-refractivity contribution in [3.63, 3.8) is 0 Å². The highest BCUT2D eigenvalue weighted by Gasteiger charge is 2.83. The summed E-state index contributed by atoms with van der Waals surface area (Å²) >= 11 is 0. The first-order valence-electron chi connectivity index (χ1n) is 7.28. The van der Waals surface area contributed by atoms with E-state index in [0.29, 0.717) is 12.2 Å². The molecule has 0 atom stereocenters. The summed E-state index contributed by atoms with van der Waals surface area (Å²) in [4.78, 5) is 0. The van der Waals surface area contributed by atoms with Gasteiger partial charge in [0, 0.05) is 0 Å². The number of rotatable bonds is 6. The number of hydrogen-bond donors (Lipinski definition) is 0. The maximum absolute atomic E-state index is 13.2.